The van der Waals surface area contributed by atoms with Gasteiger partial charge in [0.1, 0.15) is 30.5 Å². The Bertz CT molecular complexity index is 1150. The van der Waals surface area contributed by atoms with Crippen molar-refractivity contribution in [1.29, 1.82) is 0 Å². The Kier molecular flexibility index (Phi) is 6.57. The number of anilines is 2. The Hall–Kier alpha value is -3.17. The van der Waals surface area contributed by atoms with Crippen LogP contribution in [0, 0.1) is 5.82 Å². The highest BCUT2D eigenvalue weighted by Crippen LogP contribution is 2.32. The smallest absolute Gasteiger partial charge is 0.248 e. The zero-order valence-corrected chi connectivity index (χ0v) is 18.1. The molecule has 1 atom stereocenters. The van der Waals surface area contributed by atoms with Crippen LogP contribution in [0.5, 0.6) is 11.5 Å². The Morgan fingerprint density at radius 1 is 1.38 bits per heavy atom. The van der Waals surface area contributed by atoms with E-state index >= 15 is 0 Å². The normalized spacial score (nSPS) is 15.8. The van der Waals surface area contributed by atoms with E-state index in [0.29, 0.717) is 40.6 Å². The van der Waals surface area contributed by atoms with Gasteiger partial charge in [0.15, 0.2) is 0 Å². The van der Waals surface area contributed by atoms with Crippen molar-refractivity contribution in [3.8, 4) is 11.5 Å². The summed E-state index contributed by atoms with van der Waals surface area (Å²) in [6.45, 7) is 0.376. The molecule has 2 heterocycles. The summed E-state index contributed by atoms with van der Waals surface area (Å²) in [4.78, 5) is 22.4. The summed E-state index contributed by atoms with van der Waals surface area (Å²) in [6, 6.07) is 7.63. The van der Waals surface area contributed by atoms with Crippen molar-refractivity contribution in [3.63, 3.8) is 0 Å². The van der Waals surface area contributed by atoms with Gasteiger partial charge in [0.25, 0.3) is 0 Å². The molecule has 3 aromatic rings. The first-order valence-corrected chi connectivity index (χ1v) is 10.5. The standard InChI is InChI=1S/C22H22ClFN4O4/c1-31-15-8-19-16(10-25-22(27-19)26-13-4-5-18(24)17(23)7-13)20(9-15)32-12-14-3-2-6-28(14)21(30)11-29/h4-5,7-10,14,29H,2-3,6,11-12H2,1H3,(H,25,26,27)/t14-/m1/s1. The molecule has 168 valence electrons. The highest BCUT2D eigenvalue weighted by atomic mass is 35.5. The van der Waals surface area contributed by atoms with Gasteiger partial charge in [-0.1, -0.05) is 11.6 Å². The lowest BCUT2D eigenvalue weighted by molar-refractivity contribution is -0.135. The van der Waals surface area contributed by atoms with Crippen molar-refractivity contribution in [3.05, 3.63) is 47.4 Å². The van der Waals surface area contributed by atoms with Crippen LogP contribution in [0.4, 0.5) is 16.0 Å². The van der Waals surface area contributed by atoms with Crippen molar-refractivity contribution >= 4 is 40.0 Å². The molecule has 0 saturated carbocycles. The molecule has 1 fully saturated rings. The molecular weight excluding hydrogens is 439 g/mol. The number of aromatic nitrogens is 2. The molecule has 1 aliphatic rings. The molecule has 0 spiro atoms. The lowest BCUT2D eigenvalue weighted by Gasteiger charge is -2.24. The van der Waals surface area contributed by atoms with Crippen LogP contribution < -0.4 is 14.8 Å². The van der Waals surface area contributed by atoms with Gasteiger partial charge in [-0.2, -0.15) is 0 Å². The molecule has 10 heteroatoms. The van der Waals surface area contributed by atoms with Gasteiger partial charge < -0.3 is 24.8 Å². The van der Waals surface area contributed by atoms with Gasteiger partial charge in [-0.15, -0.1) is 0 Å². The third kappa shape index (κ3) is 4.68. The molecule has 4 rings (SSSR count). The number of carbonyl (C=O) groups is 1. The van der Waals surface area contributed by atoms with E-state index in [1.165, 1.54) is 18.2 Å². The maximum Gasteiger partial charge on any atom is 0.248 e. The number of hydrogen-bond donors (Lipinski definition) is 2. The number of fused-ring (bicyclic) bond motifs is 1. The third-order valence-corrected chi connectivity index (χ3v) is 5.60. The molecule has 32 heavy (non-hydrogen) atoms. The van der Waals surface area contributed by atoms with Gasteiger partial charge >= 0.3 is 0 Å². The lowest BCUT2D eigenvalue weighted by Crippen LogP contribution is -2.40. The number of methoxy groups -OCH3 is 1. The monoisotopic (exact) mass is 460 g/mol. The minimum atomic E-state index is -0.512. The SMILES string of the molecule is COc1cc(OC[C@H]2CCCN2C(=O)CO)c2cnc(Nc3ccc(F)c(Cl)c3)nc2c1. The fourth-order valence-electron chi connectivity index (χ4n) is 3.69. The van der Waals surface area contributed by atoms with Crippen molar-refractivity contribution < 1.29 is 23.8 Å². The van der Waals surface area contributed by atoms with E-state index in [9.17, 15) is 14.3 Å². The highest BCUT2D eigenvalue weighted by Gasteiger charge is 2.29. The summed E-state index contributed by atoms with van der Waals surface area (Å²) in [6.07, 6.45) is 3.29. The first-order chi connectivity index (χ1) is 15.5. The van der Waals surface area contributed by atoms with E-state index in [2.05, 4.69) is 15.3 Å². The summed E-state index contributed by atoms with van der Waals surface area (Å²) in [5, 5.41) is 12.8. The average molecular weight is 461 g/mol. The number of nitrogens with zero attached hydrogens (tertiary/aromatic N) is 3. The Morgan fingerprint density at radius 3 is 2.97 bits per heavy atom. The van der Waals surface area contributed by atoms with Crippen molar-refractivity contribution in [2.24, 2.45) is 0 Å². The van der Waals surface area contributed by atoms with E-state index in [1.54, 1.807) is 30.3 Å². The first kappa shape index (κ1) is 22.0. The largest absolute Gasteiger partial charge is 0.497 e. The fourth-order valence-corrected chi connectivity index (χ4v) is 3.87. The maximum atomic E-state index is 13.4. The van der Waals surface area contributed by atoms with E-state index in [4.69, 9.17) is 21.1 Å². The number of benzene rings is 2. The van der Waals surface area contributed by atoms with Crippen LogP contribution >= 0.6 is 11.6 Å². The molecule has 8 nitrogen and oxygen atoms in total. The Balaban J connectivity index is 1.57. The molecular formula is C22H22ClFN4O4. The first-order valence-electron chi connectivity index (χ1n) is 10.1. The van der Waals surface area contributed by atoms with E-state index < -0.39 is 12.4 Å². The van der Waals surface area contributed by atoms with Crippen LogP contribution in [0.2, 0.25) is 5.02 Å². The predicted octanol–water partition coefficient (Wildman–Crippen LogP) is 3.54. The number of ether oxygens (including phenoxy) is 2. The zero-order chi connectivity index (χ0) is 22.7. The second kappa shape index (κ2) is 9.54. The molecule has 1 aliphatic heterocycles. The number of rotatable bonds is 7. The van der Waals surface area contributed by atoms with Gasteiger partial charge in [0.05, 0.1) is 29.1 Å². The number of hydrogen-bond acceptors (Lipinski definition) is 7. The van der Waals surface area contributed by atoms with Crippen LogP contribution in [0.25, 0.3) is 10.9 Å². The average Bonchev–Trinajstić information content (AvgIpc) is 3.27. The second-order valence-corrected chi connectivity index (χ2v) is 7.77. The molecule has 1 amide bonds. The number of aliphatic hydroxyl groups is 1. The molecule has 0 bridgehead atoms. The highest BCUT2D eigenvalue weighted by molar-refractivity contribution is 6.31. The van der Waals surface area contributed by atoms with Crippen LogP contribution in [-0.4, -0.2) is 58.8 Å². The molecule has 0 radical (unpaired) electrons. The van der Waals surface area contributed by atoms with Crippen LogP contribution in [-0.2, 0) is 4.79 Å². The predicted molar refractivity (Wildman–Crippen MR) is 118 cm³/mol. The molecule has 0 unspecified atom stereocenters. The number of carbonyl (C=O) groups excluding carboxylic acids is 1. The van der Waals surface area contributed by atoms with Gasteiger partial charge in [0.2, 0.25) is 11.9 Å². The molecule has 1 aromatic heterocycles. The van der Waals surface area contributed by atoms with Gasteiger partial charge in [-0.05, 0) is 31.0 Å². The number of halogens is 2. The second-order valence-electron chi connectivity index (χ2n) is 7.36. The maximum absolute atomic E-state index is 13.4. The summed E-state index contributed by atoms with van der Waals surface area (Å²) in [5.74, 6) is 0.571. The molecule has 0 aliphatic carbocycles. The zero-order valence-electron chi connectivity index (χ0n) is 17.3. The summed E-state index contributed by atoms with van der Waals surface area (Å²) in [5.41, 5.74) is 1.13. The molecule has 2 aromatic carbocycles. The summed E-state index contributed by atoms with van der Waals surface area (Å²) >= 11 is 5.84. The number of amides is 1. The third-order valence-electron chi connectivity index (χ3n) is 5.31. The Morgan fingerprint density at radius 2 is 2.22 bits per heavy atom. The minimum Gasteiger partial charge on any atom is -0.497 e. The van der Waals surface area contributed by atoms with Gasteiger partial charge in [0, 0.05) is 30.6 Å². The van der Waals surface area contributed by atoms with Crippen LogP contribution in [0.1, 0.15) is 12.8 Å². The van der Waals surface area contributed by atoms with E-state index in [-0.39, 0.29) is 23.6 Å². The van der Waals surface area contributed by atoms with Gasteiger partial charge in [-0.3, -0.25) is 4.79 Å². The quantitative estimate of drug-likeness (QED) is 0.556. The van der Waals surface area contributed by atoms with Crippen molar-refractivity contribution in [2.75, 3.05) is 32.2 Å². The van der Waals surface area contributed by atoms with Crippen molar-refractivity contribution in [2.45, 2.75) is 18.9 Å². The molecule has 1 saturated heterocycles. The number of likely N-dealkylation sites (tertiary alicyclic amines) is 1. The topological polar surface area (TPSA) is 96.8 Å². The number of nitrogens with one attached hydrogen (secondary N) is 1. The van der Waals surface area contributed by atoms with Crippen molar-refractivity contribution in [1.82, 2.24) is 14.9 Å². The lowest BCUT2D eigenvalue weighted by atomic mass is 10.2. The summed E-state index contributed by atoms with van der Waals surface area (Å²) < 4.78 is 24.8. The minimum absolute atomic E-state index is 0.00576. The van der Waals surface area contributed by atoms with E-state index in [0.717, 1.165) is 12.8 Å². The van der Waals surface area contributed by atoms with Crippen LogP contribution in [0.15, 0.2) is 36.5 Å². The fraction of sp³-hybridized carbons (Fsp3) is 0.318. The molecule has 2 N–H and O–H groups in total. The Labute approximate surface area is 188 Å². The van der Waals surface area contributed by atoms with Crippen LogP contribution in [0.3, 0.4) is 0 Å². The summed E-state index contributed by atoms with van der Waals surface area (Å²) in [7, 11) is 1.55. The number of aliphatic hydroxyl groups excluding tert-OH is 1. The van der Waals surface area contributed by atoms with E-state index in [1.807, 2.05) is 0 Å². The van der Waals surface area contributed by atoms with Gasteiger partial charge in [-0.25, -0.2) is 14.4 Å².